The van der Waals surface area contributed by atoms with Gasteiger partial charge in [0, 0.05) is 23.0 Å². The number of amides is 4. The molecule has 43 heavy (non-hydrogen) atoms. The van der Waals surface area contributed by atoms with E-state index in [-0.39, 0.29) is 17.2 Å². The van der Waals surface area contributed by atoms with Crippen LogP contribution in [0, 0.1) is 5.92 Å². The van der Waals surface area contributed by atoms with Gasteiger partial charge in [0.15, 0.2) is 0 Å². The molecule has 0 aliphatic carbocycles. The van der Waals surface area contributed by atoms with Gasteiger partial charge in [-0.25, -0.2) is 14.5 Å². The molecule has 4 aromatic rings. The average molecular weight is 579 g/mol. The molecule has 3 heterocycles. The molecule has 9 nitrogen and oxygen atoms in total. The predicted molar refractivity (Wildman–Crippen MR) is 163 cm³/mol. The van der Waals surface area contributed by atoms with Crippen molar-refractivity contribution in [1.29, 1.82) is 0 Å². The van der Waals surface area contributed by atoms with Crippen LogP contribution < -0.4 is 10.2 Å². The molecule has 6 rings (SSSR count). The fourth-order valence-electron chi connectivity index (χ4n) is 6.30. The first-order valence-corrected chi connectivity index (χ1v) is 14.6. The molecule has 2 aliphatic heterocycles. The summed E-state index contributed by atoms with van der Waals surface area (Å²) in [5.74, 6) is -2.29. The topological polar surface area (TPSA) is 123 Å². The van der Waals surface area contributed by atoms with E-state index in [0.29, 0.717) is 12.3 Å². The number of benzene rings is 3. The number of carboxylic acid groups (broad SMARTS) is 1. The molecule has 1 fully saturated rings. The smallest absolute Gasteiger partial charge is 0.332 e. The molecule has 9 heteroatoms. The van der Waals surface area contributed by atoms with Gasteiger partial charge in [-0.05, 0) is 46.7 Å². The number of carbonyl (C=O) groups excluding carboxylic acids is 3. The fourth-order valence-corrected chi connectivity index (χ4v) is 6.30. The number of imide groups is 1. The summed E-state index contributed by atoms with van der Waals surface area (Å²) in [6.45, 7) is 7.64. The Kier molecular flexibility index (Phi) is 7.04. The van der Waals surface area contributed by atoms with Crippen LogP contribution in [-0.4, -0.2) is 50.9 Å². The monoisotopic (exact) mass is 578 g/mol. The molecule has 1 aromatic heterocycles. The number of nitrogens with zero attached hydrogens (tertiary/aromatic N) is 2. The highest BCUT2D eigenvalue weighted by atomic mass is 16.4. The quantitative estimate of drug-likeness (QED) is 0.246. The molecule has 1 saturated heterocycles. The number of aliphatic carboxylic acids is 1. The van der Waals surface area contributed by atoms with E-state index in [1.54, 1.807) is 36.9 Å². The zero-order valence-corrected chi connectivity index (χ0v) is 24.5. The normalized spacial score (nSPS) is 18.7. The Hall–Kier alpha value is -4.92. The van der Waals surface area contributed by atoms with Crippen molar-refractivity contribution in [2.45, 2.75) is 58.2 Å². The number of para-hydroxylation sites is 2. The van der Waals surface area contributed by atoms with Gasteiger partial charge in [-0.3, -0.25) is 14.5 Å². The molecule has 4 amide bonds. The van der Waals surface area contributed by atoms with E-state index >= 15 is 0 Å². The van der Waals surface area contributed by atoms with Gasteiger partial charge in [-0.1, -0.05) is 82.3 Å². The maximum absolute atomic E-state index is 14.3. The molecular weight excluding hydrogens is 544 g/mol. The third-order valence-corrected chi connectivity index (χ3v) is 8.58. The van der Waals surface area contributed by atoms with Crippen LogP contribution in [0.5, 0.6) is 0 Å². The highest BCUT2D eigenvalue weighted by molar-refractivity contribution is 6.24. The molecular formula is C34H34N4O5. The number of anilines is 1. The Morgan fingerprint density at radius 3 is 2.28 bits per heavy atom. The summed E-state index contributed by atoms with van der Waals surface area (Å²) in [5, 5.41) is 13.2. The Morgan fingerprint density at radius 2 is 1.60 bits per heavy atom. The van der Waals surface area contributed by atoms with Crippen molar-refractivity contribution in [2.24, 2.45) is 5.92 Å². The van der Waals surface area contributed by atoms with Crippen molar-refractivity contribution in [3.63, 3.8) is 0 Å². The van der Waals surface area contributed by atoms with E-state index in [1.165, 1.54) is 11.6 Å². The zero-order valence-electron chi connectivity index (χ0n) is 24.5. The number of hydrogen-bond acceptors (Lipinski definition) is 4. The van der Waals surface area contributed by atoms with E-state index in [1.807, 2.05) is 36.4 Å². The number of rotatable bonds is 7. The van der Waals surface area contributed by atoms with Crippen LogP contribution in [0.4, 0.5) is 10.5 Å². The highest BCUT2D eigenvalue weighted by Gasteiger charge is 2.53. The van der Waals surface area contributed by atoms with Crippen molar-refractivity contribution < 1.29 is 24.3 Å². The van der Waals surface area contributed by atoms with Crippen LogP contribution in [0.15, 0.2) is 72.8 Å². The van der Waals surface area contributed by atoms with Crippen LogP contribution in [0.3, 0.4) is 0 Å². The van der Waals surface area contributed by atoms with Crippen molar-refractivity contribution >= 4 is 40.4 Å². The molecule has 0 bridgehead atoms. The standard InChI is InChI=1S/C34H34N4O5/c1-18(2)20-13-15-21(16-14-20)30-29-24(22-9-5-7-11-25(22)35-29)17-27-32(40)38(34(43)37(27)30)26-12-8-6-10-23(26)31(39)36-28(19(3)4)33(41)42/h5-16,18-19,27-28,30,35H,17H2,1-4H3,(H,36,39)(H,41,42). The fraction of sp³-hybridized carbons (Fsp3) is 0.294. The number of fused-ring (bicyclic) bond motifs is 4. The lowest BCUT2D eigenvalue weighted by Gasteiger charge is -2.36. The van der Waals surface area contributed by atoms with Crippen molar-refractivity contribution in [1.82, 2.24) is 15.2 Å². The summed E-state index contributed by atoms with van der Waals surface area (Å²) in [4.78, 5) is 59.9. The molecule has 3 N–H and O–H groups in total. The average Bonchev–Trinajstić information content (AvgIpc) is 3.48. The number of aromatic nitrogens is 1. The second-order valence-corrected chi connectivity index (χ2v) is 11.9. The van der Waals surface area contributed by atoms with Crippen molar-refractivity contribution in [3.05, 3.63) is 101 Å². The Labute approximate surface area is 249 Å². The number of carboxylic acids is 1. The van der Waals surface area contributed by atoms with E-state index in [9.17, 15) is 24.3 Å². The molecule has 3 aromatic carbocycles. The van der Waals surface area contributed by atoms with Gasteiger partial charge in [-0.15, -0.1) is 0 Å². The molecule has 220 valence electrons. The van der Waals surface area contributed by atoms with Gasteiger partial charge in [0.25, 0.3) is 11.8 Å². The van der Waals surface area contributed by atoms with Gasteiger partial charge in [0.1, 0.15) is 18.1 Å². The SMILES string of the molecule is CC(C)c1ccc(C2c3[nH]c4ccccc4c3CC3C(=O)N(c4ccccc4C(=O)NC(C(=O)O)C(C)C)C(=O)N32)cc1. The molecule has 0 spiro atoms. The minimum atomic E-state index is -1.16. The van der Waals surface area contributed by atoms with E-state index in [0.717, 1.165) is 32.6 Å². The molecule has 0 saturated carbocycles. The van der Waals surface area contributed by atoms with Crippen LogP contribution in [-0.2, 0) is 16.0 Å². The highest BCUT2D eigenvalue weighted by Crippen LogP contribution is 2.45. The van der Waals surface area contributed by atoms with Crippen LogP contribution in [0.25, 0.3) is 10.9 Å². The first kappa shape index (κ1) is 28.2. The summed E-state index contributed by atoms with van der Waals surface area (Å²) < 4.78 is 0. The maximum Gasteiger partial charge on any atom is 0.332 e. The van der Waals surface area contributed by atoms with Crippen LogP contribution in [0.1, 0.15) is 72.4 Å². The predicted octanol–water partition coefficient (Wildman–Crippen LogP) is 5.61. The van der Waals surface area contributed by atoms with Gasteiger partial charge in [0.05, 0.1) is 11.3 Å². The first-order chi connectivity index (χ1) is 20.6. The Balaban J connectivity index is 1.44. The third kappa shape index (κ3) is 4.65. The maximum atomic E-state index is 14.3. The summed E-state index contributed by atoms with van der Waals surface area (Å²) in [7, 11) is 0. The lowest BCUT2D eigenvalue weighted by molar-refractivity contribution is -0.140. The second-order valence-electron chi connectivity index (χ2n) is 11.9. The molecule has 2 aliphatic rings. The number of urea groups is 1. The lowest BCUT2D eigenvalue weighted by Crippen LogP contribution is -2.45. The Bertz CT molecular complexity index is 1760. The van der Waals surface area contributed by atoms with Gasteiger partial charge >= 0.3 is 12.0 Å². The molecule has 3 unspecified atom stereocenters. The van der Waals surface area contributed by atoms with Gasteiger partial charge in [-0.2, -0.15) is 0 Å². The van der Waals surface area contributed by atoms with Crippen LogP contribution in [0.2, 0.25) is 0 Å². The van der Waals surface area contributed by atoms with E-state index < -0.39 is 41.9 Å². The zero-order chi connectivity index (χ0) is 30.6. The Morgan fingerprint density at radius 1 is 0.930 bits per heavy atom. The largest absolute Gasteiger partial charge is 0.480 e. The van der Waals surface area contributed by atoms with Gasteiger partial charge < -0.3 is 15.4 Å². The summed E-state index contributed by atoms with van der Waals surface area (Å²) >= 11 is 0. The number of H-pyrrole nitrogens is 1. The number of nitrogens with one attached hydrogen (secondary N) is 2. The van der Waals surface area contributed by atoms with Gasteiger partial charge in [0.2, 0.25) is 0 Å². The minimum absolute atomic E-state index is 0.0535. The van der Waals surface area contributed by atoms with Crippen molar-refractivity contribution in [3.8, 4) is 0 Å². The molecule has 0 radical (unpaired) electrons. The van der Waals surface area contributed by atoms with Crippen molar-refractivity contribution in [2.75, 3.05) is 4.90 Å². The minimum Gasteiger partial charge on any atom is -0.480 e. The lowest BCUT2D eigenvalue weighted by atomic mass is 9.88. The van der Waals surface area contributed by atoms with E-state index in [4.69, 9.17) is 0 Å². The third-order valence-electron chi connectivity index (χ3n) is 8.58. The second kappa shape index (κ2) is 10.7. The summed E-state index contributed by atoms with van der Waals surface area (Å²) in [5.41, 5.74) is 5.01. The first-order valence-electron chi connectivity index (χ1n) is 14.6. The molecule has 3 atom stereocenters. The summed E-state index contributed by atoms with van der Waals surface area (Å²) in [6.07, 6.45) is 0.323. The van der Waals surface area contributed by atoms with Crippen LogP contribution >= 0.6 is 0 Å². The number of carbonyl (C=O) groups is 4. The summed E-state index contributed by atoms with van der Waals surface area (Å²) in [6, 6.07) is 19.4. The number of aromatic amines is 1. The number of hydrogen-bond donors (Lipinski definition) is 3. The van der Waals surface area contributed by atoms with E-state index in [2.05, 4.69) is 36.3 Å².